The number of fused-ring (bicyclic) bond motifs is 3. The van der Waals surface area contributed by atoms with Gasteiger partial charge in [0.15, 0.2) is 0 Å². The zero-order valence-corrected chi connectivity index (χ0v) is 13.4. The molecule has 2 fully saturated rings. The van der Waals surface area contributed by atoms with E-state index in [2.05, 4.69) is 10.2 Å². The molecule has 1 unspecified atom stereocenters. The topological polar surface area (TPSA) is 41.6 Å². The van der Waals surface area contributed by atoms with Gasteiger partial charge in [-0.15, -0.1) is 0 Å². The first kappa shape index (κ1) is 14.5. The van der Waals surface area contributed by atoms with Gasteiger partial charge in [-0.25, -0.2) is 0 Å². The maximum Gasteiger partial charge on any atom is 0.251 e. The number of rotatable bonds is 3. The van der Waals surface area contributed by atoms with E-state index in [1.165, 1.54) is 19.5 Å². The van der Waals surface area contributed by atoms with Crippen LogP contribution in [-0.4, -0.2) is 43.6 Å². The van der Waals surface area contributed by atoms with Crippen molar-refractivity contribution in [3.8, 4) is 5.75 Å². The number of nitrogens with one attached hydrogen (secondary N) is 1. The summed E-state index contributed by atoms with van der Waals surface area (Å²) in [5, 5.41) is 5.28. The molecule has 2 aliphatic heterocycles. The highest BCUT2D eigenvalue weighted by atomic mass is 16.5. The number of hydrogen-bond donors (Lipinski definition) is 1. The summed E-state index contributed by atoms with van der Waals surface area (Å²) in [4.78, 5) is 15.1. The first-order valence-corrected chi connectivity index (χ1v) is 8.33. The van der Waals surface area contributed by atoms with Crippen molar-refractivity contribution in [2.45, 2.75) is 18.9 Å². The number of ether oxygens (including phenoxy) is 1. The van der Waals surface area contributed by atoms with Crippen LogP contribution in [0.2, 0.25) is 0 Å². The molecule has 1 N–H and O–H groups in total. The van der Waals surface area contributed by atoms with Gasteiger partial charge in [-0.3, -0.25) is 4.79 Å². The van der Waals surface area contributed by atoms with Gasteiger partial charge < -0.3 is 15.0 Å². The number of amides is 1. The Hall–Kier alpha value is -2.07. The van der Waals surface area contributed by atoms with Crippen LogP contribution < -0.4 is 10.1 Å². The smallest absolute Gasteiger partial charge is 0.251 e. The molecule has 0 radical (unpaired) electrons. The molecule has 120 valence electrons. The maximum atomic E-state index is 12.6. The summed E-state index contributed by atoms with van der Waals surface area (Å²) in [6.45, 7) is 3.38. The first-order chi connectivity index (χ1) is 11.2. The molecule has 4 nitrogen and oxygen atoms in total. The third kappa shape index (κ3) is 2.79. The van der Waals surface area contributed by atoms with E-state index in [1.807, 2.05) is 36.4 Å². The second-order valence-corrected chi connectivity index (χ2v) is 6.72. The van der Waals surface area contributed by atoms with Crippen molar-refractivity contribution in [3.63, 3.8) is 0 Å². The number of hydrogen-bond acceptors (Lipinski definition) is 3. The standard InChI is InChI=1S/C19H22N2O2/c1-23-18-4-2-3-14-5-6-15(10-17(14)18)19(22)20-16-9-13-7-8-21(11-13)12-16/h2-6,10,13,16H,7-9,11-12H2,1H3,(H,20,22)/t13-,16+/m0/s1. The Morgan fingerprint density at radius 3 is 3.00 bits per heavy atom. The van der Waals surface area contributed by atoms with Gasteiger partial charge in [-0.05, 0) is 48.9 Å². The van der Waals surface area contributed by atoms with E-state index in [0.29, 0.717) is 5.56 Å². The maximum absolute atomic E-state index is 12.6. The lowest BCUT2D eigenvalue weighted by Gasteiger charge is -2.30. The van der Waals surface area contributed by atoms with Gasteiger partial charge in [0.05, 0.1) is 7.11 Å². The van der Waals surface area contributed by atoms with Crippen LogP contribution in [0.3, 0.4) is 0 Å². The van der Waals surface area contributed by atoms with Gasteiger partial charge >= 0.3 is 0 Å². The summed E-state index contributed by atoms with van der Waals surface area (Å²) >= 11 is 0. The monoisotopic (exact) mass is 310 g/mol. The second kappa shape index (κ2) is 5.85. The predicted molar refractivity (Wildman–Crippen MR) is 90.9 cm³/mol. The molecule has 3 atom stereocenters. The van der Waals surface area contributed by atoms with Crippen LogP contribution in [0.25, 0.3) is 10.8 Å². The van der Waals surface area contributed by atoms with Crippen molar-refractivity contribution in [3.05, 3.63) is 42.0 Å². The summed E-state index contributed by atoms with van der Waals surface area (Å²) in [6, 6.07) is 12.0. The zero-order chi connectivity index (χ0) is 15.8. The molecule has 2 heterocycles. The van der Waals surface area contributed by atoms with Crippen molar-refractivity contribution in [2.75, 3.05) is 26.7 Å². The first-order valence-electron chi connectivity index (χ1n) is 8.33. The third-order valence-electron chi connectivity index (χ3n) is 5.13. The van der Waals surface area contributed by atoms with E-state index in [0.717, 1.165) is 35.4 Å². The van der Waals surface area contributed by atoms with Crippen molar-refractivity contribution in [2.24, 2.45) is 5.92 Å². The minimum absolute atomic E-state index is 0.0188. The minimum atomic E-state index is 0.0188. The molecule has 2 saturated heterocycles. The molecular formula is C19H22N2O2. The highest BCUT2D eigenvalue weighted by Crippen LogP contribution is 2.28. The average Bonchev–Trinajstić information content (AvgIpc) is 2.92. The minimum Gasteiger partial charge on any atom is -0.496 e. The largest absolute Gasteiger partial charge is 0.496 e. The Morgan fingerprint density at radius 2 is 2.17 bits per heavy atom. The second-order valence-electron chi connectivity index (χ2n) is 6.72. The van der Waals surface area contributed by atoms with Crippen LogP contribution in [0.15, 0.2) is 36.4 Å². The number of carbonyl (C=O) groups excluding carboxylic acids is 1. The average molecular weight is 310 g/mol. The summed E-state index contributed by atoms with van der Waals surface area (Å²) in [7, 11) is 1.66. The number of carbonyl (C=O) groups is 1. The Morgan fingerprint density at radius 1 is 1.26 bits per heavy atom. The summed E-state index contributed by atoms with van der Waals surface area (Å²) in [5.74, 6) is 1.58. The Balaban J connectivity index is 1.55. The molecule has 2 aromatic carbocycles. The summed E-state index contributed by atoms with van der Waals surface area (Å²) in [6.07, 6.45) is 2.39. The molecule has 0 saturated carbocycles. The lowest BCUT2D eigenvalue weighted by Crippen LogP contribution is -2.47. The highest BCUT2D eigenvalue weighted by molar-refractivity contribution is 6.00. The van der Waals surface area contributed by atoms with Crippen LogP contribution in [-0.2, 0) is 0 Å². The molecule has 4 rings (SSSR count). The van der Waals surface area contributed by atoms with Crippen molar-refractivity contribution < 1.29 is 9.53 Å². The van der Waals surface area contributed by atoms with Crippen LogP contribution in [0.4, 0.5) is 0 Å². The van der Waals surface area contributed by atoms with Gasteiger partial charge in [0.25, 0.3) is 5.91 Å². The normalized spacial score (nSPS) is 26.2. The van der Waals surface area contributed by atoms with E-state index in [4.69, 9.17) is 4.74 Å². The fourth-order valence-electron chi connectivity index (χ4n) is 4.00. The molecule has 0 spiro atoms. The Kier molecular flexibility index (Phi) is 3.69. The molecule has 2 aliphatic rings. The lowest BCUT2D eigenvalue weighted by molar-refractivity contribution is 0.0909. The van der Waals surface area contributed by atoms with Crippen LogP contribution in [0.5, 0.6) is 5.75 Å². The van der Waals surface area contributed by atoms with Crippen molar-refractivity contribution in [1.82, 2.24) is 10.2 Å². The molecule has 1 amide bonds. The van der Waals surface area contributed by atoms with Gasteiger partial charge in [-0.2, -0.15) is 0 Å². The van der Waals surface area contributed by atoms with E-state index >= 15 is 0 Å². The Bertz CT molecular complexity index is 731. The quantitative estimate of drug-likeness (QED) is 0.947. The molecule has 4 heteroatoms. The molecular weight excluding hydrogens is 288 g/mol. The molecule has 2 aromatic rings. The van der Waals surface area contributed by atoms with Crippen molar-refractivity contribution >= 4 is 16.7 Å². The molecule has 0 aliphatic carbocycles. The van der Waals surface area contributed by atoms with Gasteiger partial charge in [0, 0.05) is 30.1 Å². The Labute approximate surface area is 136 Å². The molecule has 0 aromatic heterocycles. The lowest BCUT2D eigenvalue weighted by atomic mass is 9.96. The third-order valence-corrected chi connectivity index (χ3v) is 5.13. The number of methoxy groups -OCH3 is 1. The van der Waals surface area contributed by atoms with E-state index < -0.39 is 0 Å². The number of nitrogens with zero attached hydrogens (tertiary/aromatic N) is 1. The van der Waals surface area contributed by atoms with Gasteiger partial charge in [-0.1, -0.05) is 18.2 Å². The molecule has 23 heavy (non-hydrogen) atoms. The number of piperidine rings is 1. The van der Waals surface area contributed by atoms with Gasteiger partial charge in [0.2, 0.25) is 0 Å². The van der Waals surface area contributed by atoms with Crippen LogP contribution >= 0.6 is 0 Å². The molecule has 2 bridgehead atoms. The summed E-state index contributed by atoms with van der Waals surface area (Å²) in [5.41, 5.74) is 0.704. The van der Waals surface area contributed by atoms with E-state index in [1.54, 1.807) is 7.11 Å². The fraction of sp³-hybridized carbons (Fsp3) is 0.421. The van der Waals surface area contributed by atoms with E-state index in [9.17, 15) is 4.79 Å². The predicted octanol–water partition coefficient (Wildman–Crippen LogP) is 2.67. The van der Waals surface area contributed by atoms with Crippen LogP contribution in [0, 0.1) is 5.92 Å². The fourth-order valence-corrected chi connectivity index (χ4v) is 4.00. The summed E-state index contributed by atoms with van der Waals surface area (Å²) < 4.78 is 5.41. The van der Waals surface area contributed by atoms with E-state index in [-0.39, 0.29) is 11.9 Å². The van der Waals surface area contributed by atoms with Crippen molar-refractivity contribution in [1.29, 1.82) is 0 Å². The highest BCUT2D eigenvalue weighted by Gasteiger charge is 2.32. The van der Waals surface area contributed by atoms with Gasteiger partial charge in [0.1, 0.15) is 5.75 Å². The number of benzene rings is 2. The zero-order valence-electron chi connectivity index (χ0n) is 13.4. The van der Waals surface area contributed by atoms with Crippen LogP contribution in [0.1, 0.15) is 23.2 Å². The SMILES string of the molecule is COc1cccc2ccc(C(=O)N[C@@H]3C[C@@H]4CCN(C4)C3)cc12.